The van der Waals surface area contributed by atoms with Crippen molar-refractivity contribution < 1.29 is 4.79 Å². The highest BCUT2D eigenvalue weighted by Crippen LogP contribution is 2.29. The summed E-state index contributed by atoms with van der Waals surface area (Å²) in [6, 6.07) is 9.94. The van der Waals surface area contributed by atoms with Crippen LogP contribution in [0.3, 0.4) is 0 Å². The molecule has 3 heterocycles. The average Bonchev–Trinajstić information content (AvgIpc) is 3.29. The summed E-state index contributed by atoms with van der Waals surface area (Å²) < 4.78 is 1.93. The third kappa shape index (κ3) is 3.29. The molecule has 5 nitrogen and oxygen atoms in total. The lowest BCUT2D eigenvalue weighted by atomic mass is 10.2. The number of halogens is 1. The molecule has 1 atom stereocenters. The molecule has 4 rings (SSSR count). The number of benzene rings is 1. The van der Waals surface area contributed by atoms with Crippen LogP contribution >= 0.6 is 22.9 Å². The van der Waals surface area contributed by atoms with Gasteiger partial charge in [0.2, 0.25) is 0 Å². The second-order valence-corrected chi connectivity index (χ2v) is 7.76. The Bertz CT molecular complexity index is 926. The smallest absolute Gasteiger partial charge is 0.261 e. The summed E-state index contributed by atoms with van der Waals surface area (Å²) in [5.41, 5.74) is 1.95. The SMILES string of the molecule is Cc1nn(Cc2ccccc2Cl)c2sc(C(=O)N[C@H]3CCNC3)cc12. The van der Waals surface area contributed by atoms with Gasteiger partial charge in [-0.05, 0) is 37.6 Å². The first-order chi connectivity index (χ1) is 12.1. The third-order valence-corrected chi connectivity index (χ3v) is 6.02. The van der Waals surface area contributed by atoms with Crippen LogP contribution in [0.4, 0.5) is 0 Å². The fourth-order valence-electron chi connectivity index (χ4n) is 3.15. The van der Waals surface area contributed by atoms with Gasteiger partial charge >= 0.3 is 0 Å². The van der Waals surface area contributed by atoms with E-state index in [1.165, 1.54) is 11.3 Å². The summed E-state index contributed by atoms with van der Waals surface area (Å²) in [6.07, 6.45) is 0.982. The molecule has 1 fully saturated rings. The topological polar surface area (TPSA) is 59.0 Å². The Balaban J connectivity index is 1.62. The molecule has 0 unspecified atom stereocenters. The van der Waals surface area contributed by atoms with E-state index < -0.39 is 0 Å². The van der Waals surface area contributed by atoms with E-state index in [1.54, 1.807) is 0 Å². The van der Waals surface area contributed by atoms with Crippen LogP contribution in [0, 0.1) is 6.92 Å². The number of aromatic nitrogens is 2. The Morgan fingerprint density at radius 3 is 3.08 bits per heavy atom. The number of carbonyl (C=O) groups is 1. The minimum absolute atomic E-state index is 0.00130. The highest BCUT2D eigenvalue weighted by Gasteiger charge is 2.21. The number of hydrogen-bond acceptors (Lipinski definition) is 4. The van der Waals surface area contributed by atoms with Gasteiger partial charge in [0.25, 0.3) is 5.91 Å². The van der Waals surface area contributed by atoms with Crippen molar-refractivity contribution in [3.63, 3.8) is 0 Å². The monoisotopic (exact) mass is 374 g/mol. The molecule has 25 heavy (non-hydrogen) atoms. The van der Waals surface area contributed by atoms with Crippen LogP contribution in [0.2, 0.25) is 5.02 Å². The molecule has 2 aromatic heterocycles. The molecule has 7 heteroatoms. The van der Waals surface area contributed by atoms with Gasteiger partial charge < -0.3 is 10.6 Å². The van der Waals surface area contributed by atoms with E-state index in [0.717, 1.165) is 50.9 Å². The standard InChI is InChI=1S/C18H19ClN4OS/c1-11-14-8-16(17(24)21-13-6-7-20-9-13)25-18(14)23(22-11)10-12-4-2-3-5-15(12)19/h2-5,8,13,20H,6-7,9-10H2,1H3,(H,21,24)/t13-/m0/s1. The van der Waals surface area contributed by atoms with Crippen molar-refractivity contribution in [3.8, 4) is 0 Å². The Hall–Kier alpha value is -1.89. The quantitative estimate of drug-likeness (QED) is 0.737. The largest absolute Gasteiger partial charge is 0.347 e. The third-order valence-electron chi connectivity index (χ3n) is 4.50. The second-order valence-electron chi connectivity index (χ2n) is 6.33. The van der Waals surface area contributed by atoms with Crippen molar-refractivity contribution in [2.24, 2.45) is 0 Å². The minimum atomic E-state index is -0.00130. The number of nitrogens with zero attached hydrogens (tertiary/aromatic N) is 2. The maximum atomic E-state index is 12.5. The lowest BCUT2D eigenvalue weighted by Gasteiger charge is -2.09. The number of rotatable bonds is 4. The number of fused-ring (bicyclic) bond motifs is 1. The molecule has 0 spiro atoms. The summed E-state index contributed by atoms with van der Waals surface area (Å²) in [6.45, 7) is 4.37. The van der Waals surface area contributed by atoms with Gasteiger partial charge in [-0.25, -0.2) is 0 Å². The van der Waals surface area contributed by atoms with Crippen LogP contribution in [-0.4, -0.2) is 34.8 Å². The number of carbonyl (C=O) groups excluding carboxylic acids is 1. The van der Waals surface area contributed by atoms with Crippen molar-refractivity contribution in [3.05, 3.63) is 51.5 Å². The second kappa shape index (κ2) is 6.78. The van der Waals surface area contributed by atoms with Gasteiger partial charge in [-0.1, -0.05) is 29.8 Å². The summed E-state index contributed by atoms with van der Waals surface area (Å²) in [4.78, 5) is 14.3. The van der Waals surface area contributed by atoms with Crippen molar-refractivity contribution in [1.82, 2.24) is 20.4 Å². The molecule has 1 saturated heterocycles. The van der Waals surface area contributed by atoms with E-state index in [-0.39, 0.29) is 11.9 Å². The van der Waals surface area contributed by atoms with Crippen LogP contribution in [0.15, 0.2) is 30.3 Å². The van der Waals surface area contributed by atoms with E-state index >= 15 is 0 Å². The maximum Gasteiger partial charge on any atom is 0.261 e. The van der Waals surface area contributed by atoms with E-state index in [9.17, 15) is 4.79 Å². The summed E-state index contributed by atoms with van der Waals surface area (Å²) in [5, 5.41) is 12.7. The van der Waals surface area contributed by atoms with Gasteiger partial charge in [0.1, 0.15) is 4.83 Å². The van der Waals surface area contributed by atoms with Crippen molar-refractivity contribution >= 4 is 39.1 Å². The predicted molar refractivity (Wildman–Crippen MR) is 102 cm³/mol. The molecule has 0 aliphatic carbocycles. The van der Waals surface area contributed by atoms with Crippen LogP contribution in [0.5, 0.6) is 0 Å². The van der Waals surface area contributed by atoms with Crippen LogP contribution in [0.25, 0.3) is 10.2 Å². The first-order valence-corrected chi connectivity index (χ1v) is 9.53. The summed E-state index contributed by atoms with van der Waals surface area (Å²) >= 11 is 7.76. The molecule has 1 aromatic carbocycles. The molecular weight excluding hydrogens is 356 g/mol. The highest BCUT2D eigenvalue weighted by molar-refractivity contribution is 7.20. The van der Waals surface area contributed by atoms with Crippen LogP contribution < -0.4 is 10.6 Å². The van der Waals surface area contributed by atoms with E-state index in [2.05, 4.69) is 15.7 Å². The zero-order chi connectivity index (χ0) is 17.4. The molecule has 0 radical (unpaired) electrons. The molecule has 2 N–H and O–H groups in total. The van der Waals surface area contributed by atoms with Gasteiger partial charge in [0, 0.05) is 23.0 Å². The van der Waals surface area contributed by atoms with Gasteiger partial charge in [-0.3, -0.25) is 9.48 Å². The van der Waals surface area contributed by atoms with Gasteiger partial charge in [-0.2, -0.15) is 5.10 Å². The van der Waals surface area contributed by atoms with Gasteiger partial charge in [-0.15, -0.1) is 11.3 Å². The van der Waals surface area contributed by atoms with E-state index in [1.807, 2.05) is 41.9 Å². The Morgan fingerprint density at radius 2 is 2.32 bits per heavy atom. The van der Waals surface area contributed by atoms with Crippen molar-refractivity contribution in [2.75, 3.05) is 13.1 Å². The lowest BCUT2D eigenvalue weighted by molar-refractivity contribution is 0.0944. The summed E-state index contributed by atoms with van der Waals surface area (Å²) in [7, 11) is 0. The molecule has 0 bridgehead atoms. The molecular formula is C18H19ClN4OS. The fraction of sp³-hybridized carbons (Fsp3) is 0.333. The molecule has 130 valence electrons. The fourth-order valence-corrected chi connectivity index (χ4v) is 4.41. The normalized spacial score (nSPS) is 17.3. The average molecular weight is 375 g/mol. The minimum Gasteiger partial charge on any atom is -0.347 e. The number of thiophene rings is 1. The van der Waals surface area contributed by atoms with Crippen molar-refractivity contribution in [1.29, 1.82) is 0 Å². The Morgan fingerprint density at radius 1 is 1.48 bits per heavy atom. The number of nitrogens with one attached hydrogen (secondary N) is 2. The van der Waals surface area contributed by atoms with E-state index in [4.69, 9.17) is 11.6 Å². The zero-order valence-corrected chi connectivity index (χ0v) is 15.5. The predicted octanol–water partition coefficient (Wildman–Crippen LogP) is 3.20. The number of amides is 1. The van der Waals surface area contributed by atoms with E-state index in [0.29, 0.717) is 6.54 Å². The highest BCUT2D eigenvalue weighted by atomic mass is 35.5. The van der Waals surface area contributed by atoms with Crippen molar-refractivity contribution in [2.45, 2.75) is 25.9 Å². The molecule has 0 saturated carbocycles. The number of hydrogen-bond donors (Lipinski definition) is 2. The Labute approximate surface area is 155 Å². The van der Waals surface area contributed by atoms with Gasteiger partial charge in [0.15, 0.2) is 0 Å². The van der Waals surface area contributed by atoms with Crippen LogP contribution in [0.1, 0.15) is 27.3 Å². The molecule has 1 aliphatic rings. The molecule has 1 aliphatic heterocycles. The first kappa shape index (κ1) is 16.6. The van der Waals surface area contributed by atoms with Crippen LogP contribution in [-0.2, 0) is 6.54 Å². The lowest BCUT2D eigenvalue weighted by Crippen LogP contribution is -2.35. The summed E-state index contributed by atoms with van der Waals surface area (Å²) in [5.74, 6) is -0.00130. The maximum absolute atomic E-state index is 12.5. The zero-order valence-electron chi connectivity index (χ0n) is 13.9. The first-order valence-electron chi connectivity index (χ1n) is 8.34. The Kier molecular flexibility index (Phi) is 4.50. The number of aryl methyl sites for hydroxylation is 1. The van der Waals surface area contributed by atoms with Gasteiger partial charge in [0.05, 0.1) is 17.1 Å². The molecule has 1 amide bonds. The molecule has 3 aromatic rings.